The predicted molar refractivity (Wildman–Crippen MR) is 80.7 cm³/mol. The molecule has 1 heterocycles. The van der Waals surface area contributed by atoms with Crippen molar-refractivity contribution in [2.45, 2.75) is 39.7 Å². The summed E-state index contributed by atoms with van der Waals surface area (Å²) in [4.78, 5) is 11.8. The van der Waals surface area contributed by atoms with Gasteiger partial charge in [-0.25, -0.2) is 0 Å². The largest absolute Gasteiger partial charge is 0.466 e. The number of hydrogen-bond acceptors (Lipinski definition) is 5. The minimum atomic E-state index is -3.63. The zero-order chi connectivity index (χ0) is 16.0. The highest BCUT2D eigenvalue weighted by Gasteiger charge is 2.34. The first-order chi connectivity index (χ1) is 9.81. The van der Waals surface area contributed by atoms with Gasteiger partial charge in [0.2, 0.25) is 0 Å². The number of carbonyl (C=O) groups excluding carboxylic acids is 1. The average Bonchev–Trinajstić information content (AvgIpc) is 2.45. The second-order valence-electron chi connectivity index (χ2n) is 5.66. The second kappa shape index (κ2) is 8.07. The van der Waals surface area contributed by atoms with Crippen LogP contribution >= 0.6 is 0 Å². The maximum absolute atomic E-state index is 12.4. The molecular formula is C13H27N3O4S. The number of nitrogens with two attached hydrogens (primary N) is 1. The maximum atomic E-state index is 12.4. The molecule has 0 radical (unpaired) electrons. The van der Waals surface area contributed by atoms with Crippen LogP contribution in [0.1, 0.15) is 33.6 Å². The Morgan fingerprint density at radius 2 is 2.14 bits per heavy atom. The molecule has 0 spiro atoms. The van der Waals surface area contributed by atoms with Gasteiger partial charge in [0.25, 0.3) is 10.2 Å². The van der Waals surface area contributed by atoms with E-state index in [0.717, 1.165) is 0 Å². The third-order valence-corrected chi connectivity index (χ3v) is 5.32. The standard InChI is InChI=1S/C13H27N3O4S/c1-4-20-13(17)11-6-5-7-16(9-11)21(18,19)15-12(8-14)10(2)3/h10-12,15H,4-9,14H2,1-3H3. The van der Waals surface area contributed by atoms with E-state index in [1.807, 2.05) is 13.8 Å². The Hall–Kier alpha value is -0.700. The Morgan fingerprint density at radius 3 is 2.67 bits per heavy atom. The van der Waals surface area contributed by atoms with Crippen LogP contribution < -0.4 is 10.5 Å². The molecule has 1 fully saturated rings. The molecule has 2 unspecified atom stereocenters. The van der Waals surface area contributed by atoms with Crippen LogP contribution in [-0.4, -0.2) is 51.0 Å². The van der Waals surface area contributed by atoms with Crippen molar-refractivity contribution in [2.24, 2.45) is 17.6 Å². The first-order valence-corrected chi connectivity index (χ1v) is 8.89. The van der Waals surface area contributed by atoms with Crippen LogP contribution in [-0.2, 0) is 19.7 Å². The van der Waals surface area contributed by atoms with E-state index < -0.39 is 10.2 Å². The lowest BCUT2D eigenvalue weighted by atomic mass is 10.0. The summed E-state index contributed by atoms with van der Waals surface area (Å²) in [5.41, 5.74) is 5.61. The highest BCUT2D eigenvalue weighted by atomic mass is 32.2. The fourth-order valence-electron chi connectivity index (χ4n) is 2.34. The number of piperidine rings is 1. The molecule has 2 atom stereocenters. The van der Waals surface area contributed by atoms with Crippen LogP contribution in [0, 0.1) is 11.8 Å². The van der Waals surface area contributed by atoms with Crippen molar-refractivity contribution in [2.75, 3.05) is 26.2 Å². The molecule has 1 aliphatic rings. The molecule has 0 aromatic rings. The summed E-state index contributed by atoms with van der Waals surface area (Å²) < 4.78 is 33.7. The smallest absolute Gasteiger partial charge is 0.310 e. The molecule has 8 heteroatoms. The molecule has 0 amide bonds. The summed E-state index contributed by atoms with van der Waals surface area (Å²) >= 11 is 0. The molecule has 7 nitrogen and oxygen atoms in total. The van der Waals surface area contributed by atoms with Gasteiger partial charge in [0.05, 0.1) is 12.5 Å². The van der Waals surface area contributed by atoms with E-state index in [-0.39, 0.29) is 36.9 Å². The molecule has 1 aliphatic heterocycles. The molecule has 0 aliphatic carbocycles. The first-order valence-electron chi connectivity index (χ1n) is 7.45. The van der Waals surface area contributed by atoms with Gasteiger partial charge in [-0.15, -0.1) is 0 Å². The molecule has 0 aromatic carbocycles. The van der Waals surface area contributed by atoms with Crippen LogP contribution in [0.15, 0.2) is 0 Å². The third kappa shape index (κ3) is 5.21. The van der Waals surface area contributed by atoms with Crippen LogP contribution in [0.3, 0.4) is 0 Å². The Morgan fingerprint density at radius 1 is 1.48 bits per heavy atom. The highest BCUT2D eigenvalue weighted by Crippen LogP contribution is 2.20. The molecular weight excluding hydrogens is 294 g/mol. The number of hydrogen-bond donors (Lipinski definition) is 2. The molecule has 1 saturated heterocycles. The Labute approximate surface area is 127 Å². The van der Waals surface area contributed by atoms with Gasteiger partial charge in [-0.2, -0.15) is 17.4 Å². The summed E-state index contributed by atoms with van der Waals surface area (Å²) in [7, 11) is -3.63. The molecule has 3 N–H and O–H groups in total. The van der Waals surface area contributed by atoms with Crippen molar-refractivity contribution >= 4 is 16.2 Å². The van der Waals surface area contributed by atoms with Gasteiger partial charge in [-0.05, 0) is 25.7 Å². The van der Waals surface area contributed by atoms with E-state index in [2.05, 4.69) is 4.72 Å². The number of ether oxygens (including phenoxy) is 1. The quantitative estimate of drug-likeness (QED) is 0.647. The lowest BCUT2D eigenvalue weighted by Crippen LogP contribution is -2.53. The van der Waals surface area contributed by atoms with Gasteiger partial charge in [0, 0.05) is 25.7 Å². The van der Waals surface area contributed by atoms with E-state index in [1.165, 1.54) is 4.31 Å². The number of esters is 1. The van der Waals surface area contributed by atoms with Crippen LogP contribution in [0.5, 0.6) is 0 Å². The summed E-state index contributed by atoms with van der Waals surface area (Å²) in [6.07, 6.45) is 1.31. The summed E-state index contributed by atoms with van der Waals surface area (Å²) in [6.45, 7) is 6.71. The van der Waals surface area contributed by atoms with Gasteiger partial charge in [0.15, 0.2) is 0 Å². The van der Waals surface area contributed by atoms with Crippen LogP contribution in [0.4, 0.5) is 0 Å². The monoisotopic (exact) mass is 321 g/mol. The minimum Gasteiger partial charge on any atom is -0.466 e. The van der Waals surface area contributed by atoms with Crippen molar-refractivity contribution in [3.63, 3.8) is 0 Å². The first kappa shape index (κ1) is 18.3. The van der Waals surface area contributed by atoms with Crippen molar-refractivity contribution in [1.82, 2.24) is 9.03 Å². The van der Waals surface area contributed by atoms with E-state index in [4.69, 9.17) is 10.5 Å². The van der Waals surface area contributed by atoms with Gasteiger partial charge < -0.3 is 10.5 Å². The molecule has 0 bridgehead atoms. The third-order valence-electron chi connectivity index (χ3n) is 3.70. The lowest BCUT2D eigenvalue weighted by molar-refractivity contribution is -0.149. The molecule has 0 saturated carbocycles. The summed E-state index contributed by atoms with van der Waals surface area (Å²) in [5.74, 6) is -0.599. The van der Waals surface area contributed by atoms with Gasteiger partial charge in [-0.3, -0.25) is 4.79 Å². The molecule has 0 aromatic heterocycles. The number of carbonyl (C=O) groups is 1. The van der Waals surface area contributed by atoms with Crippen molar-refractivity contribution in [1.29, 1.82) is 0 Å². The SMILES string of the molecule is CCOC(=O)C1CCCN(S(=O)(=O)NC(CN)C(C)C)C1. The van der Waals surface area contributed by atoms with Gasteiger partial charge in [0.1, 0.15) is 0 Å². The Bertz CT molecular complexity index is 439. The van der Waals surface area contributed by atoms with E-state index in [9.17, 15) is 13.2 Å². The number of nitrogens with one attached hydrogen (secondary N) is 1. The zero-order valence-corrected chi connectivity index (χ0v) is 13.9. The van der Waals surface area contributed by atoms with Gasteiger partial charge >= 0.3 is 5.97 Å². The molecule has 124 valence electrons. The number of nitrogens with zero attached hydrogens (tertiary/aromatic N) is 1. The van der Waals surface area contributed by atoms with E-state index in [1.54, 1.807) is 6.92 Å². The Kier molecular flexibility index (Phi) is 7.05. The fourth-order valence-corrected chi connectivity index (χ4v) is 3.98. The molecule has 1 rings (SSSR count). The summed E-state index contributed by atoms with van der Waals surface area (Å²) in [6, 6.07) is -0.307. The van der Waals surface area contributed by atoms with Gasteiger partial charge in [-0.1, -0.05) is 13.8 Å². The second-order valence-corrected chi connectivity index (χ2v) is 7.36. The van der Waals surface area contributed by atoms with Crippen molar-refractivity contribution < 1.29 is 17.9 Å². The van der Waals surface area contributed by atoms with Crippen LogP contribution in [0.25, 0.3) is 0 Å². The number of rotatable bonds is 7. The highest BCUT2D eigenvalue weighted by molar-refractivity contribution is 7.87. The summed E-state index contributed by atoms with van der Waals surface area (Å²) in [5, 5.41) is 0. The average molecular weight is 321 g/mol. The minimum absolute atomic E-state index is 0.107. The predicted octanol–water partition coefficient (Wildman–Crippen LogP) is 0.0792. The Balaban J connectivity index is 2.72. The normalized spacial score (nSPS) is 22.2. The van der Waals surface area contributed by atoms with Crippen molar-refractivity contribution in [3.05, 3.63) is 0 Å². The van der Waals surface area contributed by atoms with E-state index in [0.29, 0.717) is 26.0 Å². The van der Waals surface area contributed by atoms with Crippen molar-refractivity contribution in [3.8, 4) is 0 Å². The topological polar surface area (TPSA) is 102 Å². The maximum Gasteiger partial charge on any atom is 0.310 e. The van der Waals surface area contributed by atoms with E-state index >= 15 is 0 Å². The fraction of sp³-hybridized carbons (Fsp3) is 0.923. The molecule has 21 heavy (non-hydrogen) atoms. The zero-order valence-electron chi connectivity index (χ0n) is 13.0. The van der Waals surface area contributed by atoms with Crippen LogP contribution in [0.2, 0.25) is 0 Å². The lowest BCUT2D eigenvalue weighted by Gasteiger charge is -2.32.